The summed E-state index contributed by atoms with van der Waals surface area (Å²) < 4.78 is 11.8. The van der Waals surface area contributed by atoms with Gasteiger partial charge in [0.05, 0.1) is 12.7 Å². The van der Waals surface area contributed by atoms with E-state index in [1.54, 1.807) is 0 Å². The van der Waals surface area contributed by atoms with Crippen molar-refractivity contribution in [1.82, 2.24) is 5.32 Å². The number of rotatable bonds is 7. The zero-order valence-corrected chi connectivity index (χ0v) is 13.4. The second-order valence-corrected chi connectivity index (χ2v) is 6.56. The lowest BCUT2D eigenvalue weighted by atomic mass is 9.81. The molecule has 3 unspecified atom stereocenters. The van der Waals surface area contributed by atoms with Crippen molar-refractivity contribution in [1.29, 1.82) is 0 Å². The molecule has 0 aromatic heterocycles. The highest BCUT2D eigenvalue weighted by atomic mass is 16.5. The summed E-state index contributed by atoms with van der Waals surface area (Å²) in [7, 11) is 0. The van der Waals surface area contributed by atoms with E-state index in [9.17, 15) is 0 Å². The molecule has 0 bridgehead atoms. The Hall–Kier alpha value is -0.120. The van der Waals surface area contributed by atoms with E-state index < -0.39 is 0 Å². The van der Waals surface area contributed by atoms with Crippen molar-refractivity contribution < 1.29 is 9.47 Å². The zero-order chi connectivity index (χ0) is 14.2. The lowest BCUT2D eigenvalue weighted by Crippen LogP contribution is -2.46. The van der Waals surface area contributed by atoms with E-state index in [-0.39, 0.29) is 0 Å². The molecular weight excluding hydrogens is 250 g/mol. The largest absolute Gasteiger partial charge is 0.381 e. The molecule has 1 aliphatic carbocycles. The summed E-state index contributed by atoms with van der Waals surface area (Å²) in [6.07, 6.45) is 9.39. The summed E-state index contributed by atoms with van der Waals surface area (Å²) in [5.41, 5.74) is 0. The summed E-state index contributed by atoms with van der Waals surface area (Å²) in [6, 6.07) is 0.577. The molecule has 2 aliphatic rings. The Morgan fingerprint density at radius 2 is 1.85 bits per heavy atom. The monoisotopic (exact) mass is 283 g/mol. The molecule has 0 amide bonds. The summed E-state index contributed by atoms with van der Waals surface area (Å²) in [4.78, 5) is 0. The Morgan fingerprint density at radius 3 is 2.55 bits per heavy atom. The van der Waals surface area contributed by atoms with Crippen molar-refractivity contribution >= 4 is 0 Å². The van der Waals surface area contributed by atoms with E-state index in [0.29, 0.717) is 12.1 Å². The quantitative estimate of drug-likeness (QED) is 0.777. The fourth-order valence-electron chi connectivity index (χ4n) is 3.73. The molecule has 1 heterocycles. The highest BCUT2D eigenvalue weighted by molar-refractivity contribution is 4.86. The fourth-order valence-corrected chi connectivity index (χ4v) is 3.73. The van der Waals surface area contributed by atoms with E-state index in [1.165, 1.54) is 44.9 Å². The SMILES string of the molecule is CCCC1CCC(NCC)C(OCC2CCOCC2)C1. The van der Waals surface area contributed by atoms with Crippen LogP contribution in [0.3, 0.4) is 0 Å². The molecule has 2 fully saturated rings. The average molecular weight is 283 g/mol. The molecule has 3 heteroatoms. The maximum Gasteiger partial charge on any atom is 0.0730 e. The van der Waals surface area contributed by atoms with E-state index in [4.69, 9.17) is 9.47 Å². The molecule has 1 aliphatic heterocycles. The molecule has 0 radical (unpaired) electrons. The lowest BCUT2D eigenvalue weighted by Gasteiger charge is -2.37. The van der Waals surface area contributed by atoms with Gasteiger partial charge in [0.15, 0.2) is 0 Å². The van der Waals surface area contributed by atoms with Crippen molar-refractivity contribution in [3.8, 4) is 0 Å². The van der Waals surface area contributed by atoms with Gasteiger partial charge in [-0.25, -0.2) is 0 Å². The van der Waals surface area contributed by atoms with Crippen molar-refractivity contribution in [2.45, 2.75) is 70.9 Å². The smallest absolute Gasteiger partial charge is 0.0730 e. The van der Waals surface area contributed by atoms with Crippen molar-refractivity contribution in [3.05, 3.63) is 0 Å². The van der Waals surface area contributed by atoms with Gasteiger partial charge in [-0.3, -0.25) is 0 Å². The molecule has 1 saturated carbocycles. The normalized spacial score (nSPS) is 32.4. The number of hydrogen-bond acceptors (Lipinski definition) is 3. The first-order valence-electron chi connectivity index (χ1n) is 8.76. The molecule has 3 nitrogen and oxygen atoms in total. The number of ether oxygens (including phenoxy) is 2. The number of hydrogen-bond donors (Lipinski definition) is 1. The Balaban J connectivity index is 1.79. The third-order valence-corrected chi connectivity index (χ3v) is 4.95. The van der Waals surface area contributed by atoms with Crippen LogP contribution >= 0.6 is 0 Å². The minimum atomic E-state index is 0.433. The fraction of sp³-hybridized carbons (Fsp3) is 1.00. The molecule has 2 rings (SSSR count). The molecule has 0 aromatic carbocycles. The van der Waals surface area contributed by atoms with Crippen LogP contribution in [-0.4, -0.2) is 38.5 Å². The first-order valence-corrected chi connectivity index (χ1v) is 8.76. The van der Waals surface area contributed by atoms with Gasteiger partial charge in [0.1, 0.15) is 0 Å². The minimum absolute atomic E-state index is 0.433. The summed E-state index contributed by atoms with van der Waals surface area (Å²) in [5, 5.41) is 3.64. The standard InChI is InChI=1S/C17H33NO2/c1-3-5-14-6-7-16(18-4-2)17(12-14)20-13-15-8-10-19-11-9-15/h14-18H,3-13H2,1-2H3. The number of likely N-dealkylation sites (N-methyl/N-ethyl adjacent to an activating group) is 1. The van der Waals surface area contributed by atoms with Crippen molar-refractivity contribution in [3.63, 3.8) is 0 Å². The predicted molar refractivity (Wildman–Crippen MR) is 83.0 cm³/mol. The van der Waals surface area contributed by atoms with E-state index in [2.05, 4.69) is 19.2 Å². The van der Waals surface area contributed by atoms with Crippen LogP contribution in [0.5, 0.6) is 0 Å². The van der Waals surface area contributed by atoms with Gasteiger partial charge >= 0.3 is 0 Å². The molecule has 1 saturated heterocycles. The second-order valence-electron chi connectivity index (χ2n) is 6.56. The van der Waals surface area contributed by atoms with Gasteiger partial charge in [-0.1, -0.05) is 26.7 Å². The molecular formula is C17H33NO2. The highest BCUT2D eigenvalue weighted by Gasteiger charge is 2.31. The van der Waals surface area contributed by atoms with Gasteiger partial charge in [-0.15, -0.1) is 0 Å². The first-order chi connectivity index (χ1) is 9.83. The van der Waals surface area contributed by atoms with E-state index in [1.807, 2.05) is 0 Å². The van der Waals surface area contributed by atoms with Crippen LogP contribution in [0, 0.1) is 11.8 Å². The minimum Gasteiger partial charge on any atom is -0.381 e. The van der Waals surface area contributed by atoms with Crippen molar-refractivity contribution in [2.24, 2.45) is 11.8 Å². The second kappa shape index (κ2) is 9.01. The maximum absolute atomic E-state index is 6.35. The summed E-state index contributed by atoms with van der Waals surface area (Å²) in [5.74, 6) is 1.60. The van der Waals surface area contributed by atoms with Crippen LogP contribution in [0.2, 0.25) is 0 Å². The molecule has 118 valence electrons. The van der Waals surface area contributed by atoms with Gasteiger partial charge < -0.3 is 14.8 Å². The topological polar surface area (TPSA) is 30.5 Å². The van der Waals surface area contributed by atoms with Gasteiger partial charge in [0, 0.05) is 19.3 Å². The van der Waals surface area contributed by atoms with Gasteiger partial charge in [0.25, 0.3) is 0 Å². The Morgan fingerprint density at radius 1 is 1.05 bits per heavy atom. The van der Waals surface area contributed by atoms with E-state index in [0.717, 1.165) is 38.2 Å². The van der Waals surface area contributed by atoms with Gasteiger partial charge in [0.2, 0.25) is 0 Å². The van der Waals surface area contributed by atoms with Crippen molar-refractivity contribution in [2.75, 3.05) is 26.4 Å². The Labute approximate surface area is 124 Å². The van der Waals surface area contributed by atoms with Crippen LogP contribution in [0.4, 0.5) is 0 Å². The summed E-state index contributed by atoms with van der Waals surface area (Å²) in [6.45, 7) is 8.35. The maximum atomic E-state index is 6.35. The molecule has 0 aromatic rings. The molecule has 3 atom stereocenters. The third kappa shape index (κ3) is 5.01. The van der Waals surface area contributed by atoms with E-state index >= 15 is 0 Å². The Kier molecular flexibility index (Phi) is 7.32. The third-order valence-electron chi connectivity index (χ3n) is 4.95. The van der Waals surface area contributed by atoms with Crippen LogP contribution < -0.4 is 5.32 Å². The van der Waals surface area contributed by atoms with Crippen LogP contribution in [-0.2, 0) is 9.47 Å². The zero-order valence-electron chi connectivity index (χ0n) is 13.4. The van der Waals surface area contributed by atoms with Crippen LogP contribution in [0.1, 0.15) is 58.8 Å². The molecule has 20 heavy (non-hydrogen) atoms. The average Bonchev–Trinajstić information content (AvgIpc) is 2.49. The highest BCUT2D eigenvalue weighted by Crippen LogP contribution is 2.30. The predicted octanol–water partition coefficient (Wildman–Crippen LogP) is 3.38. The van der Waals surface area contributed by atoms with Gasteiger partial charge in [-0.05, 0) is 50.5 Å². The lowest BCUT2D eigenvalue weighted by molar-refractivity contribution is -0.0455. The van der Waals surface area contributed by atoms with Gasteiger partial charge in [-0.2, -0.15) is 0 Å². The van der Waals surface area contributed by atoms with Crippen LogP contribution in [0.25, 0.3) is 0 Å². The molecule has 0 spiro atoms. The number of nitrogens with one attached hydrogen (secondary N) is 1. The Bertz CT molecular complexity index is 253. The van der Waals surface area contributed by atoms with Crippen LogP contribution in [0.15, 0.2) is 0 Å². The molecule has 1 N–H and O–H groups in total. The summed E-state index contributed by atoms with van der Waals surface area (Å²) >= 11 is 0. The first kappa shape index (κ1) is 16.3.